The SMILES string of the molecule is CCCN(CCCCN1CCN(C(=O)OC(N)=O)CC1=O)C1CCc2ccc(OC)cc2C1. The maximum atomic E-state index is 12.4. The van der Waals surface area contributed by atoms with Crippen LogP contribution >= 0.6 is 0 Å². The second-order valence-electron chi connectivity index (χ2n) is 8.76. The first-order chi connectivity index (χ1) is 15.9. The zero-order valence-corrected chi connectivity index (χ0v) is 19.8. The first kappa shape index (κ1) is 24.8. The van der Waals surface area contributed by atoms with E-state index in [1.807, 2.05) is 6.07 Å². The summed E-state index contributed by atoms with van der Waals surface area (Å²) in [6.45, 7) is 5.66. The molecule has 1 heterocycles. The number of ether oxygens (including phenoxy) is 2. The van der Waals surface area contributed by atoms with Crippen LogP contribution in [0.15, 0.2) is 18.2 Å². The highest BCUT2D eigenvalue weighted by Gasteiger charge is 2.29. The van der Waals surface area contributed by atoms with E-state index < -0.39 is 12.2 Å². The molecule has 1 saturated heterocycles. The van der Waals surface area contributed by atoms with E-state index in [1.165, 1.54) is 22.4 Å². The van der Waals surface area contributed by atoms with Crippen molar-refractivity contribution >= 4 is 18.1 Å². The van der Waals surface area contributed by atoms with Gasteiger partial charge in [0.15, 0.2) is 0 Å². The highest BCUT2D eigenvalue weighted by molar-refractivity contribution is 5.87. The van der Waals surface area contributed by atoms with Crippen LogP contribution in [0.2, 0.25) is 0 Å². The predicted molar refractivity (Wildman–Crippen MR) is 124 cm³/mol. The van der Waals surface area contributed by atoms with Crippen molar-refractivity contribution in [3.63, 3.8) is 0 Å². The van der Waals surface area contributed by atoms with E-state index in [-0.39, 0.29) is 12.5 Å². The van der Waals surface area contributed by atoms with Gasteiger partial charge in [0.25, 0.3) is 0 Å². The number of aryl methyl sites for hydroxylation is 1. The fourth-order valence-electron chi connectivity index (χ4n) is 4.79. The molecule has 33 heavy (non-hydrogen) atoms. The van der Waals surface area contributed by atoms with Gasteiger partial charge in [-0.1, -0.05) is 13.0 Å². The van der Waals surface area contributed by atoms with E-state index in [0.717, 1.165) is 50.9 Å². The number of nitrogens with two attached hydrogens (primary N) is 1. The van der Waals surface area contributed by atoms with Crippen LogP contribution in [0.5, 0.6) is 5.75 Å². The molecule has 2 N–H and O–H groups in total. The van der Waals surface area contributed by atoms with Gasteiger partial charge in [0.2, 0.25) is 5.91 Å². The van der Waals surface area contributed by atoms with E-state index in [9.17, 15) is 14.4 Å². The quantitative estimate of drug-likeness (QED) is 0.448. The standard InChI is InChI=1S/C24H36N4O5/c1-3-10-26(20-8-6-18-7-9-21(32-2)16-19(18)15-20)11-4-5-12-27-13-14-28(17-22(27)29)24(31)33-23(25)30/h7,9,16,20H,3-6,8,10-15,17H2,1-2H3,(H2,25,30). The monoisotopic (exact) mass is 460 g/mol. The fourth-order valence-corrected chi connectivity index (χ4v) is 4.79. The number of hydrogen-bond acceptors (Lipinski definition) is 6. The van der Waals surface area contributed by atoms with Crippen molar-refractivity contribution in [3.8, 4) is 5.75 Å². The highest BCUT2D eigenvalue weighted by atomic mass is 16.6. The van der Waals surface area contributed by atoms with Gasteiger partial charge >= 0.3 is 12.2 Å². The summed E-state index contributed by atoms with van der Waals surface area (Å²) in [6, 6.07) is 6.95. The minimum Gasteiger partial charge on any atom is -0.497 e. The minimum absolute atomic E-state index is 0.0843. The zero-order chi connectivity index (χ0) is 23.8. The lowest BCUT2D eigenvalue weighted by Crippen LogP contribution is -2.53. The summed E-state index contributed by atoms with van der Waals surface area (Å²) in [5.74, 6) is 0.787. The van der Waals surface area contributed by atoms with Crippen LogP contribution in [0.1, 0.15) is 43.7 Å². The first-order valence-corrected chi connectivity index (χ1v) is 11.8. The van der Waals surface area contributed by atoms with Crippen molar-refractivity contribution in [1.82, 2.24) is 14.7 Å². The van der Waals surface area contributed by atoms with Crippen molar-refractivity contribution in [3.05, 3.63) is 29.3 Å². The lowest BCUT2D eigenvalue weighted by atomic mass is 9.87. The van der Waals surface area contributed by atoms with Crippen LogP contribution < -0.4 is 10.5 Å². The summed E-state index contributed by atoms with van der Waals surface area (Å²) in [7, 11) is 1.71. The Bertz CT molecular complexity index is 846. The molecular weight excluding hydrogens is 424 g/mol. The molecule has 2 aliphatic rings. The molecule has 0 radical (unpaired) electrons. The van der Waals surface area contributed by atoms with Gasteiger partial charge in [-0.2, -0.15) is 0 Å². The largest absolute Gasteiger partial charge is 0.497 e. The minimum atomic E-state index is -1.16. The maximum Gasteiger partial charge on any atom is 0.419 e. The van der Waals surface area contributed by atoms with Crippen molar-refractivity contribution < 1.29 is 23.9 Å². The molecule has 1 aliphatic heterocycles. The Morgan fingerprint density at radius 2 is 2.00 bits per heavy atom. The Balaban J connectivity index is 1.44. The van der Waals surface area contributed by atoms with E-state index >= 15 is 0 Å². The van der Waals surface area contributed by atoms with E-state index in [1.54, 1.807) is 12.0 Å². The number of nitrogens with zero attached hydrogens (tertiary/aromatic N) is 3. The van der Waals surface area contributed by atoms with Crippen LogP contribution in [-0.4, -0.2) is 85.2 Å². The summed E-state index contributed by atoms with van der Waals surface area (Å²) in [5.41, 5.74) is 7.69. The molecule has 1 fully saturated rings. The number of fused-ring (bicyclic) bond motifs is 1. The molecule has 9 heteroatoms. The van der Waals surface area contributed by atoms with E-state index in [4.69, 9.17) is 10.5 Å². The number of carbonyl (C=O) groups excluding carboxylic acids is 3. The van der Waals surface area contributed by atoms with Gasteiger partial charge in [-0.3, -0.25) is 9.69 Å². The Morgan fingerprint density at radius 3 is 2.70 bits per heavy atom. The van der Waals surface area contributed by atoms with Gasteiger partial charge in [-0.05, 0) is 74.9 Å². The summed E-state index contributed by atoms with van der Waals surface area (Å²) >= 11 is 0. The number of methoxy groups -OCH3 is 1. The molecule has 0 aromatic heterocycles. The lowest BCUT2D eigenvalue weighted by molar-refractivity contribution is -0.135. The topological polar surface area (TPSA) is 105 Å². The molecule has 182 valence electrons. The second kappa shape index (κ2) is 11.9. The number of unbranched alkanes of at least 4 members (excludes halogenated alkanes) is 1. The van der Waals surface area contributed by atoms with Gasteiger partial charge < -0.3 is 25.0 Å². The van der Waals surface area contributed by atoms with E-state index in [0.29, 0.717) is 25.7 Å². The Hall–Kier alpha value is -2.81. The number of benzene rings is 1. The number of primary amides is 1. The molecule has 3 amide bonds. The maximum absolute atomic E-state index is 12.4. The molecular formula is C24H36N4O5. The molecule has 1 aromatic carbocycles. The van der Waals surface area contributed by atoms with Gasteiger partial charge in [0.1, 0.15) is 12.3 Å². The number of hydrogen-bond donors (Lipinski definition) is 1. The smallest absolute Gasteiger partial charge is 0.419 e. The number of piperazine rings is 1. The zero-order valence-electron chi connectivity index (χ0n) is 19.8. The van der Waals surface area contributed by atoms with Gasteiger partial charge in [0, 0.05) is 25.7 Å². The Labute approximate surface area is 195 Å². The molecule has 1 unspecified atom stereocenters. The third-order valence-corrected chi connectivity index (χ3v) is 6.53. The van der Waals surface area contributed by atoms with Crippen molar-refractivity contribution in [2.75, 3.05) is 46.4 Å². The molecule has 1 aliphatic carbocycles. The van der Waals surface area contributed by atoms with Crippen LogP contribution in [0, 0.1) is 0 Å². The van der Waals surface area contributed by atoms with Crippen LogP contribution in [0.3, 0.4) is 0 Å². The third kappa shape index (κ3) is 6.83. The number of rotatable bonds is 9. The molecule has 0 spiro atoms. The Kier molecular flexibility index (Phi) is 8.94. The molecule has 0 saturated carbocycles. The van der Waals surface area contributed by atoms with Crippen LogP contribution in [-0.2, 0) is 22.4 Å². The average Bonchev–Trinajstić information content (AvgIpc) is 2.80. The van der Waals surface area contributed by atoms with Crippen LogP contribution in [0.25, 0.3) is 0 Å². The normalized spacial score (nSPS) is 18.3. The second-order valence-corrected chi connectivity index (χ2v) is 8.76. The summed E-state index contributed by atoms with van der Waals surface area (Å²) < 4.78 is 9.77. The summed E-state index contributed by atoms with van der Waals surface area (Å²) in [4.78, 5) is 40.4. The predicted octanol–water partition coefficient (Wildman–Crippen LogP) is 2.40. The number of amides is 3. The van der Waals surface area contributed by atoms with Gasteiger partial charge in [-0.25, -0.2) is 9.59 Å². The summed E-state index contributed by atoms with van der Waals surface area (Å²) in [5, 5.41) is 0. The molecule has 3 rings (SSSR count). The number of carbonyl (C=O) groups is 3. The Morgan fingerprint density at radius 1 is 1.18 bits per heavy atom. The highest BCUT2D eigenvalue weighted by Crippen LogP contribution is 2.28. The van der Waals surface area contributed by atoms with Crippen molar-refractivity contribution in [2.45, 2.75) is 51.5 Å². The first-order valence-electron chi connectivity index (χ1n) is 11.8. The molecule has 9 nitrogen and oxygen atoms in total. The fraction of sp³-hybridized carbons (Fsp3) is 0.625. The molecule has 1 aromatic rings. The van der Waals surface area contributed by atoms with Gasteiger partial charge in [0.05, 0.1) is 7.11 Å². The summed E-state index contributed by atoms with van der Waals surface area (Å²) in [6.07, 6.45) is 4.33. The molecule has 0 bridgehead atoms. The molecule has 1 atom stereocenters. The average molecular weight is 461 g/mol. The lowest BCUT2D eigenvalue weighted by Gasteiger charge is -2.36. The van der Waals surface area contributed by atoms with E-state index in [2.05, 4.69) is 28.7 Å². The van der Waals surface area contributed by atoms with Crippen molar-refractivity contribution in [1.29, 1.82) is 0 Å². The van der Waals surface area contributed by atoms with Crippen molar-refractivity contribution in [2.24, 2.45) is 5.73 Å². The van der Waals surface area contributed by atoms with Crippen LogP contribution in [0.4, 0.5) is 9.59 Å². The third-order valence-electron chi connectivity index (χ3n) is 6.53. The van der Waals surface area contributed by atoms with Gasteiger partial charge in [-0.15, -0.1) is 0 Å².